The molecule has 7 heteroatoms. The molecule has 0 spiro atoms. The summed E-state index contributed by atoms with van der Waals surface area (Å²) in [5.41, 5.74) is 7.50. The number of aryl methyl sites for hydroxylation is 2. The van der Waals surface area contributed by atoms with Crippen molar-refractivity contribution in [3.8, 4) is 5.75 Å². The van der Waals surface area contributed by atoms with Gasteiger partial charge >= 0.3 is 0 Å². The lowest BCUT2D eigenvalue weighted by Crippen LogP contribution is -2.45. The van der Waals surface area contributed by atoms with Crippen LogP contribution in [0.4, 0.5) is 0 Å². The lowest BCUT2D eigenvalue weighted by molar-refractivity contribution is 0.243. The van der Waals surface area contributed by atoms with E-state index in [0.717, 1.165) is 18.4 Å². The van der Waals surface area contributed by atoms with E-state index >= 15 is 0 Å². The number of nitrogens with two attached hydrogens (primary N) is 1. The smallest absolute Gasteiger partial charge is 0.243 e. The number of benzene rings is 1. The summed E-state index contributed by atoms with van der Waals surface area (Å²) in [7, 11) is -1.89. The molecule has 0 aliphatic carbocycles. The first-order chi connectivity index (χ1) is 10.3. The average molecular weight is 363 g/mol. The summed E-state index contributed by atoms with van der Waals surface area (Å²) >= 11 is 0. The molecule has 1 aromatic carbocycles. The van der Waals surface area contributed by atoms with Crippen molar-refractivity contribution in [3.05, 3.63) is 23.3 Å². The molecule has 5 nitrogen and oxygen atoms in total. The summed E-state index contributed by atoms with van der Waals surface area (Å²) in [6.45, 7) is 6.68. The molecule has 1 saturated heterocycles. The predicted octanol–water partition coefficient (Wildman–Crippen LogP) is 2.48. The Bertz CT molecular complexity index is 647. The van der Waals surface area contributed by atoms with Gasteiger partial charge in [0.2, 0.25) is 10.0 Å². The molecular weight excluding hydrogens is 336 g/mol. The second kappa shape index (κ2) is 7.83. The van der Waals surface area contributed by atoms with Gasteiger partial charge in [-0.3, -0.25) is 0 Å². The Labute approximate surface area is 145 Å². The van der Waals surface area contributed by atoms with E-state index in [1.54, 1.807) is 23.5 Å². The van der Waals surface area contributed by atoms with Gasteiger partial charge in [0.05, 0.1) is 12.0 Å². The van der Waals surface area contributed by atoms with Crippen LogP contribution in [0.25, 0.3) is 0 Å². The van der Waals surface area contributed by atoms with E-state index in [0.29, 0.717) is 29.3 Å². The highest BCUT2D eigenvalue weighted by Gasteiger charge is 2.32. The largest absolute Gasteiger partial charge is 0.496 e. The fourth-order valence-corrected chi connectivity index (χ4v) is 4.85. The Morgan fingerprint density at radius 1 is 1.30 bits per heavy atom. The summed E-state index contributed by atoms with van der Waals surface area (Å²) in [6, 6.07) is 3.51. The van der Waals surface area contributed by atoms with Crippen LogP contribution in [-0.2, 0) is 10.0 Å². The number of methoxy groups -OCH3 is 1. The molecule has 1 fully saturated rings. The van der Waals surface area contributed by atoms with Gasteiger partial charge in [0.1, 0.15) is 5.75 Å². The highest BCUT2D eigenvalue weighted by molar-refractivity contribution is 7.89. The number of hydrogen-bond donors (Lipinski definition) is 1. The normalized spacial score (nSPS) is 20.7. The molecule has 132 valence electrons. The van der Waals surface area contributed by atoms with Gasteiger partial charge in [0.15, 0.2) is 0 Å². The minimum absolute atomic E-state index is 0. The van der Waals surface area contributed by atoms with E-state index in [4.69, 9.17) is 10.5 Å². The molecule has 0 amide bonds. The van der Waals surface area contributed by atoms with Crippen molar-refractivity contribution in [2.45, 2.75) is 44.6 Å². The average Bonchev–Trinajstić information content (AvgIpc) is 2.49. The summed E-state index contributed by atoms with van der Waals surface area (Å²) < 4.78 is 32.8. The van der Waals surface area contributed by atoms with Crippen LogP contribution < -0.4 is 10.5 Å². The van der Waals surface area contributed by atoms with Crippen molar-refractivity contribution in [3.63, 3.8) is 0 Å². The number of rotatable bonds is 4. The van der Waals surface area contributed by atoms with Gasteiger partial charge in [-0.1, -0.05) is 0 Å². The van der Waals surface area contributed by atoms with Gasteiger partial charge < -0.3 is 10.5 Å². The van der Waals surface area contributed by atoms with Gasteiger partial charge in [0, 0.05) is 19.1 Å². The Hall–Kier alpha value is -0.820. The molecule has 2 atom stereocenters. The Morgan fingerprint density at radius 3 is 2.52 bits per heavy atom. The Balaban J connectivity index is 0.00000264. The van der Waals surface area contributed by atoms with Crippen molar-refractivity contribution in [2.75, 3.05) is 20.2 Å². The van der Waals surface area contributed by atoms with E-state index < -0.39 is 10.0 Å². The maximum atomic E-state index is 13.0. The second-order valence-corrected chi connectivity index (χ2v) is 8.12. The van der Waals surface area contributed by atoms with Crippen molar-refractivity contribution in [1.29, 1.82) is 0 Å². The van der Waals surface area contributed by atoms with E-state index in [-0.39, 0.29) is 24.4 Å². The van der Waals surface area contributed by atoms with Crippen LogP contribution in [0.3, 0.4) is 0 Å². The summed E-state index contributed by atoms with van der Waals surface area (Å²) in [4.78, 5) is 0.371. The first-order valence-electron chi connectivity index (χ1n) is 7.68. The van der Waals surface area contributed by atoms with Crippen LogP contribution in [0, 0.1) is 19.8 Å². The Morgan fingerprint density at radius 2 is 1.96 bits per heavy atom. The van der Waals surface area contributed by atoms with E-state index in [1.807, 2.05) is 20.8 Å². The standard InChI is InChI=1S/C16H26N2O3S.ClH/c1-11-9-16(12(2)8-15(11)21-4)22(19,20)18-7-5-6-14(10-18)13(3)17;/h8-9,13-14H,5-7,10,17H2,1-4H3;1H. The SMILES string of the molecule is COc1cc(C)c(S(=O)(=O)N2CCCC(C(C)N)C2)cc1C.Cl. The van der Waals surface area contributed by atoms with Crippen molar-refractivity contribution < 1.29 is 13.2 Å². The van der Waals surface area contributed by atoms with Crippen molar-refractivity contribution in [2.24, 2.45) is 11.7 Å². The quantitative estimate of drug-likeness (QED) is 0.893. The van der Waals surface area contributed by atoms with Crippen LogP contribution in [0.1, 0.15) is 30.9 Å². The molecule has 2 N–H and O–H groups in total. The minimum Gasteiger partial charge on any atom is -0.496 e. The topological polar surface area (TPSA) is 72.6 Å². The number of ether oxygens (including phenoxy) is 1. The second-order valence-electron chi connectivity index (χ2n) is 6.21. The van der Waals surface area contributed by atoms with Gasteiger partial charge in [-0.2, -0.15) is 4.31 Å². The molecule has 0 radical (unpaired) electrons. The first-order valence-corrected chi connectivity index (χ1v) is 9.12. The van der Waals surface area contributed by atoms with Crippen LogP contribution in [0.2, 0.25) is 0 Å². The van der Waals surface area contributed by atoms with Gasteiger partial charge in [-0.25, -0.2) is 8.42 Å². The van der Waals surface area contributed by atoms with Crippen LogP contribution >= 0.6 is 12.4 Å². The van der Waals surface area contributed by atoms with Crippen molar-refractivity contribution >= 4 is 22.4 Å². The molecule has 1 aliphatic heterocycles. The van der Waals surface area contributed by atoms with E-state index in [9.17, 15) is 8.42 Å². The predicted molar refractivity (Wildman–Crippen MR) is 94.8 cm³/mol. The zero-order chi connectivity index (χ0) is 16.5. The number of piperidine rings is 1. The summed E-state index contributed by atoms with van der Waals surface area (Å²) in [5, 5.41) is 0. The van der Waals surface area contributed by atoms with Crippen LogP contribution in [-0.4, -0.2) is 39.0 Å². The van der Waals surface area contributed by atoms with Crippen LogP contribution in [0.15, 0.2) is 17.0 Å². The molecule has 1 aliphatic rings. The molecule has 0 bridgehead atoms. The molecule has 2 rings (SSSR count). The molecule has 23 heavy (non-hydrogen) atoms. The van der Waals surface area contributed by atoms with Gasteiger partial charge in [0.25, 0.3) is 0 Å². The fraction of sp³-hybridized carbons (Fsp3) is 0.625. The molecule has 2 unspecified atom stereocenters. The molecule has 1 heterocycles. The first kappa shape index (κ1) is 20.2. The van der Waals surface area contributed by atoms with Gasteiger partial charge in [-0.05, 0) is 62.8 Å². The van der Waals surface area contributed by atoms with Gasteiger partial charge in [-0.15, -0.1) is 12.4 Å². The monoisotopic (exact) mass is 362 g/mol. The molecule has 1 aromatic rings. The summed E-state index contributed by atoms with van der Waals surface area (Å²) in [6.07, 6.45) is 1.85. The fourth-order valence-electron chi connectivity index (χ4n) is 3.02. The lowest BCUT2D eigenvalue weighted by atomic mass is 9.93. The highest BCUT2D eigenvalue weighted by Crippen LogP contribution is 2.30. The Kier molecular flexibility index (Phi) is 6.89. The van der Waals surface area contributed by atoms with Crippen LogP contribution in [0.5, 0.6) is 5.75 Å². The van der Waals surface area contributed by atoms with E-state index in [2.05, 4.69) is 0 Å². The third-order valence-corrected chi connectivity index (χ3v) is 6.48. The number of sulfonamides is 1. The maximum absolute atomic E-state index is 13.0. The molecule has 0 aromatic heterocycles. The zero-order valence-corrected chi connectivity index (χ0v) is 15.8. The lowest BCUT2D eigenvalue weighted by Gasteiger charge is -2.34. The van der Waals surface area contributed by atoms with E-state index in [1.165, 1.54) is 0 Å². The third-order valence-electron chi connectivity index (χ3n) is 4.47. The number of hydrogen-bond acceptors (Lipinski definition) is 4. The maximum Gasteiger partial charge on any atom is 0.243 e. The van der Waals surface area contributed by atoms with Crippen molar-refractivity contribution in [1.82, 2.24) is 4.31 Å². The summed E-state index contributed by atoms with van der Waals surface area (Å²) in [5.74, 6) is 0.937. The zero-order valence-electron chi connectivity index (χ0n) is 14.2. The number of halogens is 1. The highest BCUT2D eigenvalue weighted by atomic mass is 35.5. The third kappa shape index (κ3) is 4.18. The number of nitrogens with zero attached hydrogens (tertiary/aromatic N) is 1. The molecule has 0 saturated carbocycles. The minimum atomic E-state index is -3.48. The molecular formula is C16H27ClN2O3S.